The van der Waals surface area contributed by atoms with Gasteiger partial charge in [0.1, 0.15) is 0 Å². The van der Waals surface area contributed by atoms with Crippen molar-refractivity contribution >= 4 is 5.97 Å². The third-order valence-corrected chi connectivity index (χ3v) is 3.18. The van der Waals surface area contributed by atoms with E-state index in [-0.39, 0.29) is 17.8 Å². The van der Waals surface area contributed by atoms with E-state index in [0.29, 0.717) is 26.3 Å². The molecule has 0 saturated carbocycles. The molecule has 1 saturated heterocycles. The maximum Gasteiger partial charge on any atom is 0.310 e. The first kappa shape index (κ1) is 14.4. The number of nitrogens with zero attached hydrogens (tertiary/aromatic N) is 1. The van der Waals surface area contributed by atoms with Crippen LogP contribution in [0.3, 0.4) is 0 Å². The number of rotatable bonds is 6. The smallest absolute Gasteiger partial charge is 0.310 e. The summed E-state index contributed by atoms with van der Waals surface area (Å²) in [4.78, 5) is 13.6. The van der Waals surface area contributed by atoms with Crippen LogP contribution in [0, 0.1) is 11.8 Å². The Morgan fingerprint density at radius 1 is 1.53 bits per heavy atom. The number of ether oxygens (including phenoxy) is 2. The lowest BCUT2D eigenvalue weighted by Gasteiger charge is -2.19. The topological polar surface area (TPSA) is 59.0 Å². The van der Waals surface area contributed by atoms with E-state index in [1.807, 2.05) is 13.8 Å². The molecule has 1 fully saturated rings. The molecule has 5 nitrogen and oxygen atoms in total. The van der Waals surface area contributed by atoms with Gasteiger partial charge in [-0.05, 0) is 12.8 Å². The largest absolute Gasteiger partial charge is 0.469 e. The van der Waals surface area contributed by atoms with Crippen molar-refractivity contribution < 1.29 is 19.4 Å². The molecule has 100 valence electrons. The molecule has 0 spiro atoms. The van der Waals surface area contributed by atoms with Crippen molar-refractivity contribution in [2.75, 3.05) is 40.0 Å². The van der Waals surface area contributed by atoms with Gasteiger partial charge in [0.15, 0.2) is 0 Å². The van der Waals surface area contributed by atoms with Crippen molar-refractivity contribution in [3.63, 3.8) is 0 Å². The first-order valence-electron chi connectivity index (χ1n) is 6.14. The van der Waals surface area contributed by atoms with Gasteiger partial charge in [0.2, 0.25) is 0 Å². The highest BCUT2D eigenvalue weighted by Crippen LogP contribution is 2.23. The summed E-state index contributed by atoms with van der Waals surface area (Å²) in [5, 5.41) is 9.73. The van der Waals surface area contributed by atoms with Crippen LogP contribution >= 0.6 is 0 Å². The summed E-state index contributed by atoms with van der Waals surface area (Å²) < 4.78 is 9.93. The predicted molar refractivity (Wildman–Crippen MR) is 63.6 cm³/mol. The van der Waals surface area contributed by atoms with E-state index < -0.39 is 6.10 Å². The summed E-state index contributed by atoms with van der Waals surface area (Å²) in [6.07, 6.45) is -0.487. The molecule has 0 aromatic rings. The molecule has 3 atom stereocenters. The first-order chi connectivity index (χ1) is 8.08. The van der Waals surface area contributed by atoms with Gasteiger partial charge < -0.3 is 14.6 Å². The van der Waals surface area contributed by atoms with Crippen molar-refractivity contribution in [1.29, 1.82) is 0 Å². The van der Waals surface area contributed by atoms with Crippen LogP contribution in [0.15, 0.2) is 0 Å². The molecule has 1 heterocycles. The maximum atomic E-state index is 11.5. The van der Waals surface area contributed by atoms with Gasteiger partial charge in [-0.2, -0.15) is 0 Å². The second kappa shape index (κ2) is 6.93. The monoisotopic (exact) mass is 245 g/mol. The van der Waals surface area contributed by atoms with E-state index in [4.69, 9.17) is 9.47 Å². The Morgan fingerprint density at radius 3 is 2.82 bits per heavy atom. The Morgan fingerprint density at radius 2 is 2.24 bits per heavy atom. The van der Waals surface area contributed by atoms with Crippen LogP contribution in [0.4, 0.5) is 0 Å². The molecule has 17 heavy (non-hydrogen) atoms. The summed E-state index contributed by atoms with van der Waals surface area (Å²) in [6.45, 7) is 6.94. The molecular formula is C12H23NO4. The van der Waals surface area contributed by atoms with E-state index in [0.717, 1.165) is 6.54 Å². The second-order valence-corrected chi connectivity index (χ2v) is 4.64. The van der Waals surface area contributed by atoms with Crippen LogP contribution in [0.2, 0.25) is 0 Å². The molecule has 0 aliphatic carbocycles. The van der Waals surface area contributed by atoms with Crippen molar-refractivity contribution in [3.8, 4) is 0 Å². The molecule has 0 aromatic carbocycles. The lowest BCUT2D eigenvalue weighted by atomic mass is 9.99. The van der Waals surface area contributed by atoms with Gasteiger partial charge in [0, 0.05) is 26.2 Å². The summed E-state index contributed by atoms with van der Waals surface area (Å²) in [7, 11) is 1.42. The number of esters is 1. The average molecular weight is 245 g/mol. The average Bonchev–Trinajstić information content (AvgIpc) is 2.66. The number of β-amino-alcohol motifs (C(OH)–C–C–N with tert-alkyl or cyclic N) is 1. The highest BCUT2D eigenvalue weighted by molar-refractivity contribution is 5.73. The van der Waals surface area contributed by atoms with Gasteiger partial charge in [0.25, 0.3) is 0 Å². The fourth-order valence-corrected chi connectivity index (χ4v) is 2.28. The van der Waals surface area contributed by atoms with Crippen molar-refractivity contribution in [1.82, 2.24) is 4.90 Å². The highest BCUT2D eigenvalue weighted by Gasteiger charge is 2.35. The van der Waals surface area contributed by atoms with E-state index in [2.05, 4.69) is 4.90 Å². The van der Waals surface area contributed by atoms with Gasteiger partial charge in [-0.15, -0.1) is 0 Å². The zero-order valence-electron chi connectivity index (χ0n) is 10.9. The minimum Gasteiger partial charge on any atom is -0.469 e. The SMILES string of the molecule is CCOCC(O)CN1CC(C)C(C(=O)OC)C1. The fourth-order valence-electron chi connectivity index (χ4n) is 2.28. The standard InChI is InChI=1S/C12H23NO4/c1-4-17-8-10(14)6-13-5-9(2)11(7-13)12(15)16-3/h9-11,14H,4-8H2,1-3H3. The molecule has 5 heteroatoms. The van der Waals surface area contributed by atoms with Crippen molar-refractivity contribution in [2.24, 2.45) is 11.8 Å². The summed E-state index contributed by atoms with van der Waals surface area (Å²) >= 11 is 0. The Kier molecular flexibility index (Phi) is 5.88. The van der Waals surface area contributed by atoms with Crippen LogP contribution in [-0.2, 0) is 14.3 Å². The molecule has 0 aromatic heterocycles. The number of methoxy groups -OCH3 is 1. The lowest BCUT2D eigenvalue weighted by molar-refractivity contribution is -0.146. The lowest BCUT2D eigenvalue weighted by Crippen LogP contribution is -2.34. The van der Waals surface area contributed by atoms with Gasteiger partial charge >= 0.3 is 5.97 Å². The summed E-state index contributed by atoms with van der Waals surface area (Å²) in [5.74, 6) is 0.0559. The van der Waals surface area contributed by atoms with E-state index in [1.165, 1.54) is 7.11 Å². The number of aliphatic hydroxyl groups is 1. The number of hydrogen-bond donors (Lipinski definition) is 1. The van der Waals surface area contributed by atoms with Gasteiger partial charge in [-0.25, -0.2) is 0 Å². The third kappa shape index (κ3) is 4.26. The van der Waals surface area contributed by atoms with Crippen LogP contribution in [-0.4, -0.2) is 62.0 Å². The fraction of sp³-hybridized carbons (Fsp3) is 0.917. The summed E-state index contributed by atoms with van der Waals surface area (Å²) in [6, 6.07) is 0. The molecule has 0 bridgehead atoms. The first-order valence-corrected chi connectivity index (χ1v) is 6.14. The number of carbonyl (C=O) groups excluding carboxylic acids is 1. The van der Waals surface area contributed by atoms with Gasteiger partial charge in [-0.3, -0.25) is 9.69 Å². The summed E-state index contributed by atoms with van der Waals surface area (Å²) in [5.41, 5.74) is 0. The quantitative estimate of drug-likeness (QED) is 0.674. The number of hydrogen-bond acceptors (Lipinski definition) is 5. The minimum absolute atomic E-state index is 0.0701. The van der Waals surface area contributed by atoms with Crippen LogP contribution in [0.5, 0.6) is 0 Å². The molecule has 0 amide bonds. The molecule has 1 N–H and O–H groups in total. The van der Waals surface area contributed by atoms with Gasteiger partial charge in [0.05, 0.1) is 25.7 Å². The predicted octanol–water partition coefficient (Wildman–Crippen LogP) is 0.125. The zero-order valence-corrected chi connectivity index (χ0v) is 10.9. The van der Waals surface area contributed by atoms with E-state index in [1.54, 1.807) is 0 Å². The Balaban J connectivity index is 2.35. The molecule has 3 unspecified atom stereocenters. The molecule has 0 radical (unpaired) electrons. The van der Waals surface area contributed by atoms with Crippen LogP contribution in [0.1, 0.15) is 13.8 Å². The van der Waals surface area contributed by atoms with Crippen molar-refractivity contribution in [2.45, 2.75) is 20.0 Å². The molecule has 1 aliphatic rings. The third-order valence-electron chi connectivity index (χ3n) is 3.18. The number of aliphatic hydroxyl groups excluding tert-OH is 1. The normalized spacial score (nSPS) is 27.1. The van der Waals surface area contributed by atoms with Crippen LogP contribution in [0.25, 0.3) is 0 Å². The minimum atomic E-state index is -0.487. The Hall–Kier alpha value is -0.650. The highest BCUT2D eigenvalue weighted by atomic mass is 16.5. The van der Waals surface area contributed by atoms with Gasteiger partial charge in [-0.1, -0.05) is 6.92 Å². The number of likely N-dealkylation sites (tertiary alicyclic amines) is 1. The van der Waals surface area contributed by atoms with E-state index >= 15 is 0 Å². The Labute approximate surface area is 103 Å². The Bertz CT molecular complexity index is 247. The molecule has 1 aliphatic heterocycles. The zero-order chi connectivity index (χ0) is 12.8. The maximum absolute atomic E-state index is 11.5. The molecular weight excluding hydrogens is 222 g/mol. The second-order valence-electron chi connectivity index (χ2n) is 4.64. The van der Waals surface area contributed by atoms with E-state index in [9.17, 15) is 9.90 Å². The molecule has 1 rings (SSSR count). The number of carbonyl (C=O) groups is 1. The van der Waals surface area contributed by atoms with Crippen LogP contribution < -0.4 is 0 Å². The van der Waals surface area contributed by atoms with Crippen molar-refractivity contribution in [3.05, 3.63) is 0 Å².